The maximum atomic E-state index is 11.9. The van der Waals surface area contributed by atoms with Gasteiger partial charge in [0, 0.05) is 5.56 Å². The summed E-state index contributed by atoms with van der Waals surface area (Å²) in [4.78, 5) is 23.0. The van der Waals surface area contributed by atoms with E-state index in [1.807, 2.05) is 12.1 Å². The second-order valence-electron chi connectivity index (χ2n) is 7.49. The molecule has 1 aromatic carbocycles. The highest BCUT2D eigenvalue weighted by Crippen LogP contribution is 2.37. The number of benzene rings is 1. The number of rotatable bonds is 9. The van der Waals surface area contributed by atoms with Crippen LogP contribution in [0.4, 0.5) is 0 Å². The molecular weight excluding hydrogens is 296 g/mol. The summed E-state index contributed by atoms with van der Waals surface area (Å²) in [6, 6.07) is 7.99. The summed E-state index contributed by atoms with van der Waals surface area (Å²) in [6.45, 7) is 3.73. The molecule has 0 saturated heterocycles. The van der Waals surface area contributed by atoms with Gasteiger partial charge >= 0.3 is 0 Å². The van der Waals surface area contributed by atoms with Gasteiger partial charge in [0.05, 0.1) is 6.42 Å². The van der Waals surface area contributed by atoms with Crippen LogP contribution in [0.3, 0.4) is 0 Å². The molecule has 0 amide bonds. The monoisotopic (exact) mass is 328 g/mol. The van der Waals surface area contributed by atoms with Crippen molar-refractivity contribution in [3.05, 3.63) is 35.4 Å². The second-order valence-corrected chi connectivity index (χ2v) is 7.49. The standard InChI is InChI=1S/C22H32O2/c1-3-4-5-6-7-18-8-10-19(11-9-18)20-12-14-21(15-13-20)22(24)16-17(2)23/h12-15,18-19H,3-11,16H2,1-2H3. The summed E-state index contributed by atoms with van der Waals surface area (Å²) < 4.78 is 0. The van der Waals surface area contributed by atoms with Crippen LogP contribution in [0.2, 0.25) is 0 Å². The zero-order valence-corrected chi connectivity index (χ0v) is 15.4. The summed E-state index contributed by atoms with van der Waals surface area (Å²) in [6.07, 6.45) is 12.2. The van der Waals surface area contributed by atoms with Crippen LogP contribution in [0.5, 0.6) is 0 Å². The molecule has 1 aliphatic rings. The molecule has 2 nitrogen and oxygen atoms in total. The molecule has 0 spiro atoms. The number of carbonyl (C=O) groups excluding carboxylic acids is 2. The number of carbonyl (C=O) groups is 2. The van der Waals surface area contributed by atoms with Gasteiger partial charge in [0.1, 0.15) is 5.78 Å². The zero-order chi connectivity index (χ0) is 17.4. The molecule has 24 heavy (non-hydrogen) atoms. The van der Waals surface area contributed by atoms with Crippen molar-refractivity contribution in [2.75, 3.05) is 0 Å². The van der Waals surface area contributed by atoms with Crippen molar-refractivity contribution >= 4 is 11.6 Å². The van der Waals surface area contributed by atoms with Crippen LogP contribution >= 0.6 is 0 Å². The number of hydrogen-bond acceptors (Lipinski definition) is 2. The number of Topliss-reactive ketones (excluding diaryl/α,β-unsaturated/α-hetero) is 2. The van der Waals surface area contributed by atoms with Crippen LogP contribution < -0.4 is 0 Å². The SMILES string of the molecule is CCCCCCC1CCC(c2ccc(C(=O)CC(C)=O)cc2)CC1. The molecule has 0 heterocycles. The topological polar surface area (TPSA) is 34.1 Å². The Labute approximate surface area is 147 Å². The Morgan fingerprint density at radius 2 is 1.62 bits per heavy atom. The Hall–Kier alpha value is -1.44. The van der Waals surface area contributed by atoms with Gasteiger partial charge in [-0.2, -0.15) is 0 Å². The molecule has 1 saturated carbocycles. The van der Waals surface area contributed by atoms with Crippen molar-refractivity contribution in [3.63, 3.8) is 0 Å². The summed E-state index contributed by atoms with van der Waals surface area (Å²) in [7, 11) is 0. The van der Waals surface area contributed by atoms with Crippen molar-refractivity contribution in [2.24, 2.45) is 5.92 Å². The third-order valence-electron chi connectivity index (χ3n) is 5.43. The van der Waals surface area contributed by atoms with Crippen molar-refractivity contribution < 1.29 is 9.59 Å². The lowest BCUT2D eigenvalue weighted by atomic mass is 9.77. The van der Waals surface area contributed by atoms with E-state index in [9.17, 15) is 9.59 Å². The quantitative estimate of drug-likeness (QED) is 0.312. The van der Waals surface area contributed by atoms with E-state index in [2.05, 4.69) is 19.1 Å². The molecule has 1 fully saturated rings. The van der Waals surface area contributed by atoms with Crippen LogP contribution in [0, 0.1) is 5.92 Å². The van der Waals surface area contributed by atoms with Crippen LogP contribution in [0.1, 0.15) is 99.9 Å². The average Bonchev–Trinajstić information content (AvgIpc) is 2.59. The molecule has 0 bridgehead atoms. The Morgan fingerprint density at radius 1 is 0.958 bits per heavy atom. The van der Waals surface area contributed by atoms with Crippen LogP contribution in [-0.4, -0.2) is 11.6 Å². The average molecular weight is 328 g/mol. The van der Waals surface area contributed by atoms with E-state index in [0.29, 0.717) is 11.5 Å². The highest BCUT2D eigenvalue weighted by atomic mass is 16.1. The molecule has 1 aromatic rings. The summed E-state index contributed by atoms with van der Waals surface area (Å²) in [5.74, 6) is 1.44. The van der Waals surface area contributed by atoms with Gasteiger partial charge in [0.2, 0.25) is 0 Å². The van der Waals surface area contributed by atoms with E-state index in [0.717, 1.165) is 5.92 Å². The van der Waals surface area contributed by atoms with Gasteiger partial charge in [-0.3, -0.25) is 9.59 Å². The lowest BCUT2D eigenvalue weighted by molar-refractivity contribution is -0.116. The highest BCUT2D eigenvalue weighted by Gasteiger charge is 2.22. The smallest absolute Gasteiger partial charge is 0.170 e. The number of hydrogen-bond donors (Lipinski definition) is 0. The van der Waals surface area contributed by atoms with Crippen LogP contribution in [0.25, 0.3) is 0 Å². The van der Waals surface area contributed by atoms with Gasteiger partial charge in [-0.1, -0.05) is 63.3 Å². The lowest BCUT2D eigenvalue weighted by Gasteiger charge is -2.29. The lowest BCUT2D eigenvalue weighted by Crippen LogP contribution is -2.13. The minimum atomic E-state index is -0.0682. The molecule has 2 rings (SSSR count). The predicted molar refractivity (Wildman–Crippen MR) is 99.5 cm³/mol. The third-order valence-corrected chi connectivity index (χ3v) is 5.43. The zero-order valence-electron chi connectivity index (χ0n) is 15.4. The first-order valence-corrected chi connectivity index (χ1v) is 9.72. The van der Waals surface area contributed by atoms with Gasteiger partial charge < -0.3 is 0 Å². The molecule has 0 aliphatic heterocycles. The first kappa shape index (κ1) is 18.9. The first-order chi connectivity index (χ1) is 11.6. The molecule has 1 aliphatic carbocycles. The van der Waals surface area contributed by atoms with Crippen LogP contribution in [-0.2, 0) is 4.79 Å². The van der Waals surface area contributed by atoms with Crippen molar-refractivity contribution in [3.8, 4) is 0 Å². The van der Waals surface area contributed by atoms with E-state index < -0.39 is 0 Å². The normalized spacial score (nSPS) is 20.8. The van der Waals surface area contributed by atoms with Crippen LogP contribution in [0.15, 0.2) is 24.3 Å². The van der Waals surface area contributed by atoms with Gasteiger partial charge in [0.15, 0.2) is 5.78 Å². The van der Waals surface area contributed by atoms with Gasteiger partial charge in [-0.05, 0) is 50.0 Å². The fourth-order valence-electron chi connectivity index (χ4n) is 3.91. The minimum absolute atomic E-state index is 0.0164. The van der Waals surface area contributed by atoms with E-state index in [1.54, 1.807) is 0 Å². The highest BCUT2D eigenvalue weighted by molar-refractivity contribution is 6.07. The van der Waals surface area contributed by atoms with Crippen molar-refractivity contribution in [2.45, 2.75) is 84.0 Å². The largest absolute Gasteiger partial charge is 0.300 e. The minimum Gasteiger partial charge on any atom is -0.300 e. The Kier molecular flexibility index (Phi) is 7.68. The first-order valence-electron chi connectivity index (χ1n) is 9.72. The van der Waals surface area contributed by atoms with E-state index >= 15 is 0 Å². The number of unbranched alkanes of at least 4 members (excludes halogenated alkanes) is 3. The van der Waals surface area contributed by atoms with Gasteiger partial charge in [-0.15, -0.1) is 0 Å². The molecule has 132 valence electrons. The predicted octanol–water partition coefficient (Wildman–Crippen LogP) is 6.09. The third kappa shape index (κ3) is 5.89. The molecule has 2 heteroatoms. The van der Waals surface area contributed by atoms with Gasteiger partial charge in [0.25, 0.3) is 0 Å². The molecule has 0 aromatic heterocycles. The fraction of sp³-hybridized carbons (Fsp3) is 0.636. The Balaban J connectivity index is 1.79. The fourth-order valence-corrected chi connectivity index (χ4v) is 3.91. The molecule has 0 atom stereocenters. The molecule has 0 radical (unpaired) electrons. The summed E-state index contributed by atoms with van der Waals surface area (Å²) in [5.41, 5.74) is 2.03. The Morgan fingerprint density at radius 3 is 2.21 bits per heavy atom. The summed E-state index contributed by atoms with van der Waals surface area (Å²) in [5, 5.41) is 0. The Bertz CT molecular complexity index is 521. The second kappa shape index (κ2) is 9.76. The van der Waals surface area contributed by atoms with Crippen molar-refractivity contribution in [1.29, 1.82) is 0 Å². The molecule has 0 N–H and O–H groups in total. The van der Waals surface area contributed by atoms with E-state index in [-0.39, 0.29) is 18.0 Å². The van der Waals surface area contributed by atoms with Crippen molar-refractivity contribution in [1.82, 2.24) is 0 Å². The maximum absolute atomic E-state index is 11.9. The van der Waals surface area contributed by atoms with E-state index in [4.69, 9.17) is 0 Å². The maximum Gasteiger partial charge on any atom is 0.170 e. The van der Waals surface area contributed by atoms with Gasteiger partial charge in [-0.25, -0.2) is 0 Å². The number of ketones is 2. The summed E-state index contributed by atoms with van der Waals surface area (Å²) >= 11 is 0. The molecule has 0 unspecified atom stereocenters. The molecular formula is C22H32O2. The van der Waals surface area contributed by atoms with E-state index in [1.165, 1.54) is 70.3 Å².